The highest BCUT2D eigenvalue weighted by Gasteiger charge is 1.99. The van der Waals surface area contributed by atoms with E-state index >= 15 is 0 Å². The maximum Gasteiger partial charge on any atom is 0.202 e. The van der Waals surface area contributed by atoms with E-state index in [-0.39, 0.29) is 11.7 Å². The fourth-order valence-electron chi connectivity index (χ4n) is 0.715. The Hall–Kier alpha value is -1.71. The summed E-state index contributed by atoms with van der Waals surface area (Å²) in [5.41, 5.74) is 5.36. The first-order valence-electron chi connectivity index (χ1n) is 3.07. The van der Waals surface area contributed by atoms with E-state index in [0.29, 0.717) is 5.69 Å². The Morgan fingerprint density at radius 3 is 2.64 bits per heavy atom. The predicted octanol–water partition coefficient (Wildman–Crippen LogP) is 1.14. The highest BCUT2D eigenvalue weighted by molar-refractivity contribution is 5.91. The molecule has 0 amide bonds. The smallest absolute Gasteiger partial charge is 0.202 e. The summed E-state index contributed by atoms with van der Waals surface area (Å²) >= 11 is 0. The van der Waals surface area contributed by atoms with E-state index in [4.69, 9.17) is 11.1 Å². The monoisotopic (exact) mass is 150 g/mol. The van der Waals surface area contributed by atoms with Crippen molar-refractivity contribution in [1.82, 2.24) is 0 Å². The van der Waals surface area contributed by atoms with Gasteiger partial charge in [-0.1, -0.05) is 12.1 Å². The fraction of sp³-hybridized carbons (Fsp3) is 0. The van der Waals surface area contributed by atoms with Gasteiger partial charge in [-0.3, -0.25) is 10.5 Å². The molecule has 0 atom stereocenters. The largest absolute Gasteiger partial charge is 0.370 e. The van der Waals surface area contributed by atoms with Gasteiger partial charge in [-0.2, -0.15) is 0 Å². The number of guanidine groups is 1. The van der Waals surface area contributed by atoms with Crippen LogP contribution in [0.25, 0.3) is 0 Å². The Labute approximate surface area is 64.2 Å². The quantitative estimate of drug-likeness (QED) is 0.414. The van der Waals surface area contributed by atoms with E-state index in [9.17, 15) is 5.11 Å². The zero-order valence-electron chi connectivity index (χ0n) is 5.79. The summed E-state index contributed by atoms with van der Waals surface area (Å²) in [6.45, 7) is 0. The number of hydrogen-bond acceptors (Lipinski definition) is 1. The van der Waals surface area contributed by atoms with Crippen LogP contribution in [-0.2, 0) is 5.11 Å². The van der Waals surface area contributed by atoms with Gasteiger partial charge in [0.2, 0.25) is 5.75 Å². The van der Waals surface area contributed by atoms with Gasteiger partial charge in [0.1, 0.15) is 0 Å². The molecule has 0 aliphatic rings. The Balaban J connectivity index is 2.86. The average Bonchev–Trinajstić information content (AvgIpc) is 1.93. The first-order valence-corrected chi connectivity index (χ1v) is 3.07. The van der Waals surface area contributed by atoms with E-state index in [0.717, 1.165) is 0 Å². The standard InChI is InChI=1S/C7H8N3O/c8-7(9)10-5-3-1-2-4-6(5)11/h1-4H,(H4,8,9,10). The van der Waals surface area contributed by atoms with Crippen LogP contribution in [0.15, 0.2) is 24.3 Å². The molecule has 0 unspecified atom stereocenters. The number of nitrogens with one attached hydrogen (secondary N) is 2. The molecule has 11 heavy (non-hydrogen) atoms. The second-order valence-corrected chi connectivity index (χ2v) is 2.03. The molecule has 1 rings (SSSR count). The molecule has 0 spiro atoms. The normalized spacial score (nSPS) is 9.09. The Morgan fingerprint density at radius 2 is 2.09 bits per heavy atom. The lowest BCUT2D eigenvalue weighted by Gasteiger charge is -2.02. The van der Waals surface area contributed by atoms with Crippen molar-refractivity contribution in [1.29, 1.82) is 5.41 Å². The van der Waals surface area contributed by atoms with Gasteiger partial charge in [0.25, 0.3) is 0 Å². The lowest BCUT2D eigenvalue weighted by atomic mass is 10.3. The van der Waals surface area contributed by atoms with Gasteiger partial charge >= 0.3 is 0 Å². The Morgan fingerprint density at radius 1 is 1.45 bits per heavy atom. The topological polar surface area (TPSA) is 81.8 Å². The second kappa shape index (κ2) is 2.92. The zero-order valence-corrected chi connectivity index (χ0v) is 5.79. The summed E-state index contributed by atoms with van der Waals surface area (Å²) in [7, 11) is 0. The molecule has 1 aromatic carbocycles. The molecular weight excluding hydrogens is 142 g/mol. The minimum Gasteiger partial charge on any atom is -0.370 e. The molecule has 0 aromatic heterocycles. The predicted molar refractivity (Wildman–Crippen MR) is 42.1 cm³/mol. The van der Waals surface area contributed by atoms with Gasteiger partial charge in [-0.15, -0.1) is 0 Å². The van der Waals surface area contributed by atoms with E-state index in [1.165, 1.54) is 6.07 Å². The molecular formula is C7H8N3O. The van der Waals surface area contributed by atoms with Crippen molar-refractivity contribution in [3.8, 4) is 5.75 Å². The lowest BCUT2D eigenvalue weighted by Crippen LogP contribution is -2.20. The van der Waals surface area contributed by atoms with E-state index < -0.39 is 0 Å². The van der Waals surface area contributed by atoms with Gasteiger partial charge in [0.15, 0.2) is 5.96 Å². The van der Waals surface area contributed by atoms with Crippen molar-refractivity contribution in [3.63, 3.8) is 0 Å². The van der Waals surface area contributed by atoms with Crippen LogP contribution in [0, 0.1) is 5.41 Å². The van der Waals surface area contributed by atoms with Gasteiger partial charge in [-0.05, 0) is 12.1 Å². The number of para-hydroxylation sites is 2. The highest BCUT2D eigenvalue weighted by atomic mass is 16.3. The summed E-state index contributed by atoms with van der Waals surface area (Å²) in [6.07, 6.45) is 0. The van der Waals surface area contributed by atoms with Crippen LogP contribution >= 0.6 is 0 Å². The maximum atomic E-state index is 10.9. The average molecular weight is 150 g/mol. The summed E-state index contributed by atoms with van der Waals surface area (Å²) in [5.74, 6) is -0.393. The molecule has 1 aromatic rings. The summed E-state index contributed by atoms with van der Waals surface area (Å²) in [4.78, 5) is 0. The van der Waals surface area contributed by atoms with Crippen LogP contribution in [0.2, 0.25) is 0 Å². The number of anilines is 1. The third-order valence-corrected chi connectivity index (χ3v) is 1.16. The maximum absolute atomic E-state index is 10.9. The van der Waals surface area contributed by atoms with Crippen LogP contribution < -0.4 is 11.1 Å². The molecule has 0 bridgehead atoms. The van der Waals surface area contributed by atoms with Crippen LogP contribution in [-0.4, -0.2) is 5.96 Å². The van der Waals surface area contributed by atoms with Crippen molar-refractivity contribution < 1.29 is 5.11 Å². The first kappa shape index (κ1) is 7.40. The van der Waals surface area contributed by atoms with Gasteiger partial charge < -0.3 is 11.1 Å². The van der Waals surface area contributed by atoms with Gasteiger partial charge in [0.05, 0.1) is 5.69 Å². The Kier molecular flexibility index (Phi) is 1.96. The molecule has 4 nitrogen and oxygen atoms in total. The van der Waals surface area contributed by atoms with Crippen molar-refractivity contribution >= 4 is 11.6 Å². The SMILES string of the molecule is N=C(N)Nc1ccccc1[O]. The van der Waals surface area contributed by atoms with Gasteiger partial charge in [-0.25, -0.2) is 0 Å². The number of nitrogens with two attached hydrogens (primary N) is 1. The minimum absolute atomic E-state index is 0.164. The zero-order chi connectivity index (χ0) is 8.27. The summed E-state index contributed by atoms with van der Waals surface area (Å²) < 4.78 is 0. The molecule has 0 saturated heterocycles. The molecule has 0 fully saturated rings. The van der Waals surface area contributed by atoms with E-state index in [2.05, 4.69) is 5.32 Å². The molecule has 0 saturated carbocycles. The molecule has 57 valence electrons. The lowest BCUT2D eigenvalue weighted by molar-refractivity contribution is 0.357. The van der Waals surface area contributed by atoms with Gasteiger partial charge in [0, 0.05) is 0 Å². The first-order chi connectivity index (χ1) is 5.20. The summed E-state index contributed by atoms with van der Waals surface area (Å²) in [6, 6.07) is 6.31. The van der Waals surface area contributed by atoms with Crippen molar-refractivity contribution in [2.75, 3.05) is 5.32 Å². The highest BCUT2D eigenvalue weighted by Crippen LogP contribution is 2.21. The number of hydrogen-bond donors (Lipinski definition) is 3. The molecule has 1 radical (unpaired) electrons. The second-order valence-electron chi connectivity index (χ2n) is 2.03. The van der Waals surface area contributed by atoms with Crippen LogP contribution in [0.3, 0.4) is 0 Å². The van der Waals surface area contributed by atoms with E-state index in [1.807, 2.05) is 0 Å². The molecule has 0 aliphatic heterocycles. The molecule has 4 N–H and O–H groups in total. The molecule has 4 heteroatoms. The van der Waals surface area contributed by atoms with Crippen molar-refractivity contribution in [2.24, 2.45) is 5.73 Å². The third kappa shape index (κ3) is 1.86. The molecule has 0 aliphatic carbocycles. The van der Waals surface area contributed by atoms with Crippen LogP contribution in [0.5, 0.6) is 5.75 Å². The van der Waals surface area contributed by atoms with E-state index in [1.54, 1.807) is 18.2 Å². The number of benzene rings is 1. The van der Waals surface area contributed by atoms with Crippen LogP contribution in [0.4, 0.5) is 5.69 Å². The third-order valence-electron chi connectivity index (χ3n) is 1.16. The molecule has 0 heterocycles. The van der Waals surface area contributed by atoms with Crippen molar-refractivity contribution in [2.45, 2.75) is 0 Å². The Bertz CT molecular complexity index is 272. The summed E-state index contributed by atoms with van der Waals surface area (Å²) in [5, 5.41) is 20.2. The fourth-order valence-corrected chi connectivity index (χ4v) is 0.715. The minimum atomic E-state index is -0.228. The van der Waals surface area contributed by atoms with Crippen LogP contribution in [0.1, 0.15) is 0 Å². The number of rotatable bonds is 1. The van der Waals surface area contributed by atoms with Crippen molar-refractivity contribution in [3.05, 3.63) is 24.3 Å².